The second-order valence-electron chi connectivity index (χ2n) is 8.75. The molecule has 1 heterocycles. The van der Waals surface area contributed by atoms with Crippen LogP contribution in [0.15, 0.2) is 78.0 Å². The number of rotatable bonds is 7. The number of aromatic nitrogens is 2. The first-order valence-electron chi connectivity index (χ1n) is 11.5. The maximum absolute atomic E-state index is 14.1. The summed E-state index contributed by atoms with van der Waals surface area (Å²) in [6.07, 6.45) is 2.82. The largest absolute Gasteiger partial charge is 0.403 e. The summed E-state index contributed by atoms with van der Waals surface area (Å²) in [5.41, 5.74) is 9.65. The van der Waals surface area contributed by atoms with E-state index in [2.05, 4.69) is 4.98 Å². The van der Waals surface area contributed by atoms with Crippen molar-refractivity contribution in [2.24, 2.45) is 11.6 Å². The number of anilines is 1. The molecule has 0 aliphatic heterocycles. The molecule has 11 heteroatoms. The summed E-state index contributed by atoms with van der Waals surface area (Å²) < 4.78 is 40.1. The fourth-order valence-electron chi connectivity index (χ4n) is 4.06. The van der Waals surface area contributed by atoms with E-state index >= 15 is 0 Å². The smallest absolute Gasteiger partial charge is 0.175 e. The van der Waals surface area contributed by atoms with Gasteiger partial charge in [-0.2, -0.15) is 0 Å². The van der Waals surface area contributed by atoms with E-state index in [1.54, 1.807) is 66.2 Å². The molecule has 0 bridgehead atoms. The Morgan fingerprint density at radius 1 is 1.11 bits per heavy atom. The minimum atomic E-state index is -3.42. The lowest BCUT2D eigenvalue weighted by atomic mass is 10.0. The molecule has 1 atom stereocenters. The van der Waals surface area contributed by atoms with Gasteiger partial charge in [0.2, 0.25) is 0 Å². The SMILES string of the molecule is Cc1nc(C(C)F)cn1-c1ccc(-c2cccc(S(C)(=O)=O)c2)cc1N(N)/C(=C\N)c1ccc(Cl)cc1Cl. The Hall–Kier alpha value is -3.37. The Kier molecular flexibility index (Phi) is 7.85. The highest BCUT2D eigenvalue weighted by Crippen LogP contribution is 2.36. The summed E-state index contributed by atoms with van der Waals surface area (Å²) in [4.78, 5) is 4.53. The van der Waals surface area contributed by atoms with Crippen LogP contribution in [0.2, 0.25) is 10.0 Å². The van der Waals surface area contributed by atoms with Crippen LogP contribution in [0.4, 0.5) is 10.1 Å². The van der Waals surface area contributed by atoms with Crippen molar-refractivity contribution in [3.05, 3.63) is 100 Å². The zero-order valence-electron chi connectivity index (χ0n) is 20.9. The molecular weight excluding hydrogens is 548 g/mol. The molecule has 0 fully saturated rings. The summed E-state index contributed by atoms with van der Waals surface area (Å²) in [5, 5.41) is 2.16. The average Bonchev–Trinajstić information content (AvgIpc) is 3.26. The Morgan fingerprint density at radius 2 is 1.82 bits per heavy atom. The van der Waals surface area contributed by atoms with Crippen LogP contribution in [0.25, 0.3) is 22.5 Å². The summed E-state index contributed by atoms with van der Waals surface area (Å²) in [6, 6.07) is 17.0. The van der Waals surface area contributed by atoms with Crippen LogP contribution >= 0.6 is 23.2 Å². The number of hydrogen-bond acceptors (Lipinski definition) is 6. The molecule has 0 saturated carbocycles. The van der Waals surface area contributed by atoms with Gasteiger partial charge in [0.25, 0.3) is 0 Å². The molecule has 4 rings (SSSR count). The van der Waals surface area contributed by atoms with E-state index in [1.807, 2.05) is 6.07 Å². The Balaban J connectivity index is 1.93. The van der Waals surface area contributed by atoms with Gasteiger partial charge in [0.05, 0.1) is 32.7 Å². The van der Waals surface area contributed by atoms with E-state index in [-0.39, 0.29) is 10.6 Å². The first-order valence-corrected chi connectivity index (χ1v) is 14.1. The van der Waals surface area contributed by atoms with Crippen LogP contribution in [-0.2, 0) is 9.84 Å². The topological polar surface area (TPSA) is 107 Å². The number of imidazole rings is 1. The van der Waals surface area contributed by atoms with E-state index in [0.717, 1.165) is 6.26 Å². The predicted molar refractivity (Wildman–Crippen MR) is 152 cm³/mol. The highest BCUT2D eigenvalue weighted by atomic mass is 35.5. The third-order valence-electron chi connectivity index (χ3n) is 6.02. The zero-order valence-corrected chi connectivity index (χ0v) is 23.2. The highest BCUT2D eigenvalue weighted by Gasteiger charge is 2.21. The number of aryl methyl sites for hydroxylation is 1. The van der Waals surface area contributed by atoms with E-state index in [0.29, 0.717) is 49.6 Å². The third kappa shape index (κ3) is 5.56. The van der Waals surface area contributed by atoms with Gasteiger partial charge in [0.15, 0.2) is 9.84 Å². The molecule has 0 amide bonds. The molecule has 3 aromatic carbocycles. The van der Waals surface area contributed by atoms with Crippen molar-refractivity contribution >= 4 is 44.4 Å². The first kappa shape index (κ1) is 27.7. The van der Waals surface area contributed by atoms with Crippen molar-refractivity contribution in [1.29, 1.82) is 0 Å². The monoisotopic (exact) mass is 573 g/mol. The lowest BCUT2D eigenvalue weighted by Gasteiger charge is -2.26. The lowest BCUT2D eigenvalue weighted by molar-refractivity contribution is 0.366. The van der Waals surface area contributed by atoms with Gasteiger partial charge in [-0.25, -0.2) is 23.6 Å². The Labute approximate surface area is 231 Å². The van der Waals surface area contributed by atoms with Crippen molar-refractivity contribution in [1.82, 2.24) is 9.55 Å². The molecule has 0 spiro atoms. The number of nitrogens with two attached hydrogens (primary N) is 2. The van der Waals surface area contributed by atoms with Gasteiger partial charge in [-0.3, -0.25) is 5.01 Å². The van der Waals surface area contributed by atoms with Crippen LogP contribution in [0.3, 0.4) is 0 Å². The van der Waals surface area contributed by atoms with Crippen molar-refractivity contribution in [2.75, 3.05) is 11.3 Å². The highest BCUT2D eigenvalue weighted by molar-refractivity contribution is 7.90. The summed E-state index contributed by atoms with van der Waals surface area (Å²) in [6.45, 7) is 3.17. The summed E-state index contributed by atoms with van der Waals surface area (Å²) in [7, 11) is -3.42. The standard InChI is InChI=1S/C27H26Cl2FN5O2S/c1-16(30)24-15-34(17(2)33-24)25-10-7-19(18-5-4-6-21(11-18)38(3,36)37)12-26(25)35(32)27(14-31)22-9-8-20(28)13-23(22)29/h4-16H,31-32H2,1-3H3/b27-14-. The number of nitrogens with zero attached hydrogens (tertiary/aromatic N) is 3. The lowest BCUT2D eigenvalue weighted by Crippen LogP contribution is -2.31. The fraction of sp³-hybridized carbons (Fsp3) is 0.148. The van der Waals surface area contributed by atoms with Crippen LogP contribution < -0.4 is 16.6 Å². The van der Waals surface area contributed by atoms with Crippen LogP contribution in [0, 0.1) is 6.92 Å². The Morgan fingerprint density at radius 3 is 2.42 bits per heavy atom. The number of halogens is 3. The van der Waals surface area contributed by atoms with Crippen molar-refractivity contribution in [2.45, 2.75) is 24.9 Å². The van der Waals surface area contributed by atoms with Gasteiger partial charge < -0.3 is 10.3 Å². The molecule has 0 saturated heterocycles. The number of sulfone groups is 1. The quantitative estimate of drug-likeness (QED) is 0.200. The first-order chi connectivity index (χ1) is 17.9. The van der Waals surface area contributed by atoms with Crippen molar-refractivity contribution in [3.8, 4) is 16.8 Å². The predicted octanol–water partition coefficient (Wildman–Crippen LogP) is 6.23. The molecule has 198 valence electrons. The number of alkyl halides is 1. The molecule has 1 aromatic heterocycles. The van der Waals surface area contributed by atoms with E-state index in [4.69, 9.17) is 34.8 Å². The molecule has 0 aliphatic carbocycles. The molecule has 1 unspecified atom stereocenters. The summed E-state index contributed by atoms with van der Waals surface area (Å²) in [5.74, 6) is 7.23. The zero-order chi connectivity index (χ0) is 27.8. The molecule has 4 N–H and O–H groups in total. The average molecular weight is 575 g/mol. The number of hydrogen-bond donors (Lipinski definition) is 2. The van der Waals surface area contributed by atoms with E-state index in [9.17, 15) is 12.8 Å². The molecule has 0 aliphatic rings. The molecule has 4 aromatic rings. The van der Waals surface area contributed by atoms with Gasteiger partial charge in [-0.05, 0) is 67.4 Å². The number of benzene rings is 3. The van der Waals surface area contributed by atoms with Crippen LogP contribution in [0.1, 0.15) is 30.2 Å². The third-order valence-corrected chi connectivity index (χ3v) is 7.68. The molecule has 7 nitrogen and oxygen atoms in total. The molecule has 0 radical (unpaired) electrons. The molecule has 38 heavy (non-hydrogen) atoms. The van der Waals surface area contributed by atoms with Crippen molar-refractivity contribution < 1.29 is 12.8 Å². The fourth-order valence-corrected chi connectivity index (χ4v) is 5.24. The van der Waals surface area contributed by atoms with Gasteiger partial charge in [0.1, 0.15) is 12.0 Å². The Bertz CT molecular complexity index is 1650. The van der Waals surface area contributed by atoms with Gasteiger partial charge in [-0.1, -0.05) is 41.4 Å². The minimum Gasteiger partial charge on any atom is -0.403 e. The van der Waals surface area contributed by atoms with E-state index < -0.39 is 16.0 Å². The van der Waals surface area contributed by atoms with Crippen molar-refractivity contribution in [3.63, 3.8) is 0 Å². The second-order valence-corrected chi connectivity index (χ2v) is 11.6. The molecular formula is C27H26Cl2FN5O2S. The van der Waals surface area contributed by atoms with Gasteiger partial charge >= 0.3 is 0 Å². The normalized spacial score (nSPS) is 13.0. The van der Waals surface area contributed by atoms with Gasteiger partial charge in [-0.15, -0.1) is 0 Å². The minimum absolute atomic E-state index is 0.188. The van der Waals surface area contributed by atoms with Crippen LogP contribution in [-0.4, -0.2) is 24.2 Å². The summed E-state index contributed by atoms with van der Waals surface area (Å²) >= 11 is 12.5. The van der Waals surface area contributed by atoms with Crippen LogP contribution in [0.5, 0.6) is 0 Å². The maximum Gasteiger partial charge on any atom is 0.175 e. The second kappa shape index (κ2) is 10.8. The van der Waals surface area contributed by atoms with E-state index in [1.165, 1.54) is 24.2 Å². The van der Waals surface area contributed by atoms with Gasteiger partial charge in [0, 0.05) is 29.2 Å². The number of hydrazine groups is 1. The maximum atomic E-state index is 14.1.